The minimum absolute atomic E-state index is 0.336. The average molecular weight is 657 g/mol. The van der Waals surface area contributed by atoms with E-state index < -0.39 is 72.9 Å². The summed E-state index contributed by atoms with van der Waals surface area (Å²) in [4.78, 5) is 0. The lowest BCUT2D eigenvalue weighted by Crippen LogP contribution is -2.57. The van der Waals surface area contributed by atoms with E-state index in [2.05, 4.69) is 20.6 Å². The van der Waals surface area contributed by atoms with Crippen LogP contribution in [0.5, 0.6) is 0 Å². The maximum absolute atomic E-state index is 10.2. The Balaban J connectivity index is 1.08. The number of thioether (sulfide) groups is 2. The zero-order chi connectivity index (χ0) is 31.4. The molecule has 0 aliphatic carbocycles. The summed E-state index contributed by atoms with van der Waals surface area (Å²) in [7, 11) is 0. The molecule has 10 atom stereocenters. The van der Waals surface area contributed by atoms with Crippen molar-refractivity contribution in [2.45, 2.75) is 84.3 Å². The van der Waals surface area contributed by atoms with Crippen LogP contribution in [0.3, 0.4) is 0 Å². The summed E-state index contributed by atoms with van der Waals surface area (Å²) in [6, 6.07) is 7.86. The largest absolute Gasteiger partial charge is 0.394 e. The second kappa shape index (κ2) is 14.9. The lowest BCUT2D eigenvalue weighted by Gasteiger charge is -2.39. The number of ether oxygens (including phenoxy) is 2. The van der Waals surface area contributed by atoms with E-state index >= 15 is 0 Å². The van der Waals surface area contributed by atoms with Gasteiger partial charge in [0.1, 0.15) is 59.7 Å². The maximum atomic E-state index is 10.2. The number of aliphatic hydroxyl groups is 8. The molecule has 0 bridgehead atoms. The fraction of sp³-hybridized carbons (Fsp3) is 0.615. The maximum Gasteiger partial charge on any atom is 0.132 e. The van der Waals surface area contributed by atoms with Crippen LogP contribution in [0.4, 0.5) is 0 Å². The van der Waals surface area contributed by atoms with Gasteiger partial charge in [-0.15, -0.1) is 33.7 Å². The standard InChI is InChI=1S/C26H36N6O10S2/c33-9-17-19(35)21(37)23(39)25(41-17)43-11-15-7-31(29-27-15)5-13-1-2-14(4-3-13)6-32-8-16(28-30-32)12-44-26-24(40)22(38)20(36)18(10-34)42-26/h1-4,7-8,17-26,33-40H,5-6,9-12H2/t17-,18-,19-,20-,21+,22+,23+,24+,25-,26-/m1/s1. The molecule has 4 heterocycles. The fourth-order valence-electron chi connectivity index (χ4n) is 4.83. The number of benzene rings is 1. The molecular weight excluding hydrogens is 620 g/mol. The number of rotatable bonds is 12. The first-order chi connectivity index (χ1) is 21.2. The number of aliphatic hydroxyl groups excluding tert-OH is 8. The lowest BCUT2D eigenvalue weighted by molar-refractivity contribution is -0.205. The van der Waals surface area contributed by atoms with E-state index in [-0.39, 0.29) is 0 Å². The Morgan fingerprint density at radius 2 is 0.977 bits per heavy atom. The van der Waals surface area contributed by atoms with E-state index in [0.29, 0.717) is 36.0 Å². The molecule has 0 amide bonds. The van der Waals surface area contributed by atoms with Crippen LogP contribution in [0.1, 0.15) is 22.5 Å². The zero-order valence-electron chi connectivity index (χ0n) is 23.4. The van der Waals surface area contributed by atoms with Gasteiger partial charge in [0.2, 0.25) is 0 Å². The first kappa shape index (κ1) is 33.2. The van der Waals surface area contributed by atoms with Crippen molar-refractivity contribution in [3.8, 4) is 0 Å². The van der Waals surface area contributed by atoms with E-state index in [4.69, 9.17) is 9.47 Å². The predicted molar refractivity (Wildman–Crippen MR) is 155 cm³/mol. The van der Waals surface area contributed by atoms with Crippen molar-refractivity contribution in [1.82, 2.24) is 30.0 Å². The quantitative estimate of drug-likeness (QED) is 0.0971. The Morgan fingerprint density at radius 3 is 1.34 bits per heavy atom. The molecule has 0 spiro atoms. The van der Waals surface area contributed by atoms with Crippen molar-refractivity contribution in [3.63, 3.8) is 0 Å². The van der Waals surface area contributed by atoms with Crippen molar-refractivity contribution >= 4 is 23.5 Å². The van der Waals surface area contributed by atoms with Crippen molar-refractivity contribution in [2.75, 3.05) is 13.2 Å². The van der Waals surface area contributed by atoms with Crippen LogP contribution in [0, 0.1) is 0 Å². The molecule has 8 N–H and O–H groups in total. The topological polar surface area (TPSA) is 242 Å². The Bertz CT molecular complexity index is 1230. The van der Waals surface area contributed by atoms with E-state index in [9.17, 15) is 40.9 Å². The van der Waals surface area contributed by atoms with E-state index in [1.807, 2.05) is 24.3 Å². The third-order valence-corrected chi connectivity index (χ3v) is 9.73. The van der Waals surface area contributed by atoms with Crippen LogP contribution in [0.25, 0.3) is 0 Å². The third kappa shape index (κ3) is 7.77. The van der Waals surface area contributed by atoms with Crippen LogP contribution >= 0.6 is 23.5 Å². The molecule has 0 saturated carbocycles. The Hall–Kier alpha value is -2.20. The zero-order valence-corrected chi connectivity index (χ0v) is 25.0. The first-order valence-electron chi connectivity index (χ1n) is 13.9. The highest BCUT2D eigenvalue weighted by Gasteiger charge is 2.44. The molecule has 16 nitrogen and oxygen atoms in total. The molecule has 44 heavy (non-hydrogen) atoms. The molecule has 2 aromatic heterocycles. The monoisotopic (exact) mass is 656 g/mol. The molecule has 2 fully saturated rings. The van der Waals surface area contributed by atoms with Gasteiger partial charge >= 0.3 is 0 Å². The smallest absolute Gasteiger partial charge is 0.132 e. The van der Waals surface area contributed by atoms with Gasteiger partial charge in [-0.05, 0) is 11.1 Å². The number of aromatic nitrogens is 6. The molecule has 2 aliphatic rings. The summed E-state index contributed by atoms with van der Waals surface area (Å²) < 4.78 is 14.4. The van der Waals surface area contributed by atoms with Crippen molar-refractivity contribution < 1.29 is 50.3 Å². The minimum Gasteiger partial charge on any atom is -0.394 e. The Kier molecular flexibility index (Phi) is 11.3. The molecule has 0 unspecified atom stereocenters. The van der Waals surface area contributed by atoms with Gasteiger partial charge < -0.3 is 50.3 Å². The van der Waals surface area contributed by atoms with Gasteiger partial charge in [-0.2, -0.15) is 0 Å². The number of hydrogen-bond donors (Lipinski definition) is 8. The molecule has 2 aliphatic heterocycles. The molecule has 1 aromatic carbocycles. The third-order valence-electron chi connectivity index (χ3n) is 7.37. The summed E-state index contributed by atoms with van der Waals surface area (Å²) >= 11 is 2.38. The predicted octanol–water partition coefficient (Wildman–Crippen LogP) is -2.97. The van der Waals surface area contributed by atoms with Crippen molar-refractivity contribution in [2.24, 2.45) is 0 Å². The highest BCUT2D eigenvalue weighted by molar-refractivity contribution is 7.99. The molecular formula is C26H36N6O10S2. The van der Waals surface area contributed by atoms with Gasteiger partial charge in [-0.1, -0.05) is 34.7 Å². The van der Waals surface area contributed by atoms with E-state index in [1.54, 1.807) is 21.8 Å². The Morgan fingerprint density at radius 1 is 0.591 bits per heavy atom. The van der Waals surface area contributed by atoms with Crippen LogP contribution in [-0.4, -0.2) is 144 Å². The SMILES string of the molecule is OC[C@H]1O[C@H](SCc2cn(Cc3ccc(Cn4cc(CS[C@H]5O[C@H](CO)[C@@H](O)[C@H](O)[C@@H]5O)nn4)cc3)nn2)[C@@H](O)[C@@H](O)[C@@H]1O. The lowest BCUT2D eigenvalue weighted by atomic mass is 10.0. The average Bonchev–Trinajstić information content (AvgIpc) is 3.68. The highest BCUT2D eigenvalue weighted by atomic mass is 32.2. The summed E-state index contributed by atoms with van der Waals surface area (Å²) in [5.41, 5.74) is 1.56. The summed E-state index contributed by atoms with van der Waals surface area (Å²) in [6.45, 7) is -0.0175. The summed E-state index contributed by atoms with van der Waals surface area (Å²) in [5.74, 6) is 0.672. The van der Waals surface area contributed by atoms with Gasteiger partial charge in [-0.25, -0.2) is 9.36 Å². The summed E-state index contributed by atoms with van der Waals surface area (Å²) in [6.07, 6.45) is -6.65. The number of hydrogen-bond acceptors (Lipinski definition) is 16. The van der Waals surface area contributed by atoms with Crippen LogP contribution in [-0.2, 0) is 34.1 Å². The van der Waals surface area contributed by atoms with Gasteiger partial charge in [0.15, 0.2) is 0 Å². The molecule has 18 heteroatoms. The minimum atomic E-state index is -1.42. The van der Waals surface area contributed by atoms with Crippen LogP contribution in [0.2, 0.25) is 0 Å². The summed E-state index contributed by atoms with van der Waals surface area (Å²) in [5, 5.41) is 95.5. The molecule has 0 radical (unpaired) electrons. The molecule has 2 saturated heterocycles. The second-order valence-corrected chi connectivity index (χ2v) is 12.8. The van der Waals surface area contributed by atoms with Gasteiger partial charge in [0.25, 0.3) is 0 Å². The normalized spacial score (nSPS) is 32.6. The van der Waals surface area contributed by atoms with Gasteiger partial charge in [-0.3, -0.25) is 0 Å². The fourth-order valence-corrected chi connectivity index (χ4v) is 6.93. The van der Waals surface area contributed by atoms with Crippen molar-refractivity contribution in [1.29, 1.82) is 0 Å². The van der Waals surface area contributed by atoms with Gasteiger partial charge in [0, 0.05) is 23.9 Å². The van der Waals surface area contributed by atoms with Gasteiger partial charge in [0.05, 0.1) is 37.7 Å². The molecule has 242 valence electrons. The van der Waals surface area contributed by atoms with Crippen LogP contribution < -0.4 is 0 Å². The molecule has 5 rings (SSSR count). The van der Waals surface area contributed by atoms with Crippen LogP contribution in [0.15, 0.2) is 36.7 Å². The molecule has 3 aromatic rings. The first-order valence-corrected chi connectivity index (χ1v) is 16.0. The van der Waals surface area contributed by atoms with E-state index in [0.717, 1.165) is 11.1 Å². The number of nitrogens with zero attached hydrogens (tertiary/aromatic N) is 6. The Labute approximate surface area is 260 Å². The van der Waals surface area contributed by atoms with E-state index in [1.165, 1.54) is 23.5 Å². The van der Waals surface area contributed by atoms with Crippen molar-refractivity contribution in [3.05, 3.63) is 59.2 Å². The highest BCUT2D eigenvalue weighted by Crippen LogP contribution is 2.31. The second-order valence-electron chi connectivity index (χ2n) is 10.6.